The Kier molecular flexibility index (Phi) is 11.9. The van der Waals surface area contributed by atoms with Crippen molar-refractivity contribution in [2.24, 2.45) is 9.98 Å². The Morgan fingerprint density at radius 3 is 2.43 bits per heavy atom. The highest BCUT2D eigenvalue weighted by Gasteiger charge is 2.32. The molecule has 242 valence electrons. The highest BCUT2D eigenvalue weighted by Crippen LogP contribution is 2.32. The lowest BCUT2D eigenvalue weighted by molar-refractivity contribution is -0.139. The minimum atomic E-state index is -4.39. The third-order valence-electron chi connectivity index (χ3n) is 7.29. The van der Waals surface area contributed by atoms with Gasteiger partial charge in [0.05, 0.1) is 41.4 Å². The third kappa shape index (κ3) is 8.75. The molecule has 2 aliphatic heterocycles. The largest absolute Gasteiger partial charge is 0.406 e. The summed E-state index contributed by atoms with van der Waals surface area (Å²) in [4.78, 5) is 12.6. The molecule has 0 spiro atoms. The van der Waals surface area contributed by atoms with Gasteiger partial charge in [0, 0.05) is 48.4 Å². The Hall–Kier alpha value is -3.57. The van der Waals surface area contributed by atoms with E-state index in [1.165, 1.54) is 4.57 Å². The molecule has 0 radical (unpaired) electrons. The summed E-state index contributed by atoms with van der Waals surface area (Å²) in [5, 5.41) is 9.56. The molecule has 2 aliphatic rings. The van der Waals surface area contributed by atoms with E-state index < -0.39 is 12.7 Å². The number of amidine groups is 1. The molecule has 0 bridgehead atoms. The van der Waals surface area contributed by atoms with Crippen LogP contribution in [0, 0.1) is 0 Å². The number of alkyl halides is 3. The number of aromatic amines is 1. The summed E-state index contributed by atoms with van der Waals surface area (Å²) in [6.07, 6.45) is -3.47. The van der Waals surface area contributed by atoms with Crippen molar-refractivity contribution in [2.45, 2.75) is 79.1 Å². The molecule has 1 atom stereocenters. The van der Waals surface area contributed by atoms with Gasteiger partial charge in [-0.1, -0.05) is 61.1 Å². The number of aromatic nitrogens is 2. The predicted octanol–water partition coefficient (Wildman–Crippen LogP) is 6.96. The van der Waals surface area contributed by atoms with Crippen LogP contribution in [0.5, 0.6) is 0 Å². The molecule has 0 saturated carbocycles. The second-order valence-corrected chi connectivity index (χ2v) is 11.6. The zero-order chi connectivity index (χ0) is 32.7. The Labute approximate surface area is 259 Å². The number of hydrogen-bond donors (Lipinski definition) is 4. The zero-order valence-corrected chi connectivity index (χ0v) is 27.4. The van der Waals surface area contributed by atoms with Crippen LogP contribution in [0.25, 0.3) is 16.6 Å². The number of benzene rings is 1. The van der Waals surface area contributed by atoms with E-state index in [4.69, 9.17) is 0 Å². The third-order valence-corrected chi connectivity index (χ3v) is 7.29. The number of nitrogens with one attached hydrogen (secondary N) is 4. The first-order valence-electron chi connectivity index (χ1n) is 15.5. The summed E-state index contributed by atoms with van der Waals surface area (Å²) in [6, 6.07) is 11.4. The fourth-order valence-electron chi connectivity index (χ4n) is 5.02. The van der Waals surface area contributed by atoms with Gasteiger partial charge in [-0.05, 0) is 36.8 Å². The molecule has 1 saturated heterocycles. The summed E-state index contributed by atoms with van der Waals surface area (Å²) in [5.41, 5.74) is 8.39. The monoisotopic (exact) mass is 614 g/mol. The van der Waals surface area contributed by atoms with Crippen molar-refractivity contribution >= 4 is 33.8 Å². The molecule has 11 heteroatoms. The van der Waals surface area contributed by atoms with Crippen molar-refractivity contribution in [3.63, 3.8) is 0 Å². The van der Waals surface area contributed by atoms with Gasteiger partial charge >= 0.3 is 6.18 Å². The van der Waals surface area contributed by atoms with Crippen LogP contribution in [0.2, 0.25) is 0 Å². The van der Waals surface area contributed by atoms with Gasteiger partial charge in [0.25, 0.3) is 0 Å². The smallest absolute Gasteiger partial charge is 0.380 e. The summed E-state index contributed by atoms with van der Waals surface area (Å²) in [7, 11) is 1.99. The molecular formula is C33H49F3N8. The van der Waals surface area contributed by atoms with Crippen LogP contribution in [0.3, 0.4) is 0 Å². The van der Waals surface area contributed by atoms with Crippen molar-refractivity contribution in [1.29, 1.82) is 0 Å². The summed E-state index contributed by atoms with van der Waals surface area (Å²) < 4.78 is 42.4. The van der Waals surface area contributed by atoms with Crippen LogP contribution < -0.4 is 16.1 Å². The maximum absolute atomic E-state index is 13.7. The fourth-order valence-corrected chi connectivity index (χ4v) is 5.02. The molecule has 44 heavy (non-hydrogen) atoms. The minimum absolute atomic E-state index is 0.00886. The highest BCUT2D eigenvalue weighted by molar-refractivity contribution is 6.14. The Morgan fingerprint density at radius 1 is 1.09 bits per heavy atom. The van der Waals surface area contributed by atoms with E-state index in [1.54, 1.807) is 18.2 Å². The van der Waals surface area contributed by atoms with Crippen molar-refractivity contribution in [2.75, 3.05) is 38.5 Å². The van der Waals surface area contributed by atoms with Gasteiger partial charge in [0.1, 0.15) is 6.54 Å². The number of rotatable bonds is 8. The van der Waals surface area contributed by atoms with Crippen molar-refractivity contribution in [3.8, 4) is 0 Å². The van der Waals surface area contributed by atoms with Crippen LogP contribution in [-0.4, -0.2) is 71.6 Å². The number of nitrogens with zero attached hydrogens (tertiary/aromatic N) is 4. The summed E-state index contributed by atoms with van der Waals surface area (Å²) in [6.45, 7) is 19.7. The number of H-pyrrole nitrogens is 1. The molecule has 4 N–H and O–H groups in total. The second-order valence-electron chi connectivity index (χ2n) is 11.6. The van der Waals surface area contributed by atoms with Gasteiger partial charge in [-0.15, -0.1) is 0 Å². The van der Waals surface area contributed by atoms with Gasteiger partial charge < -0.3 is 20.2 Å². The summed E-state index contributed by atoms with van der Waals surface area (Å²) in [5.74, 6) is 0.310. The number of halogens is 3. The zero-order valence-electron chi connectivity index (χ0n) is 27.4. The molecule has 2 aromatic heterocycles. The van der Waals surface area contributed by atoms with Crippen molar-refractivity contribution < 1.29 is 13.2 Å². The number of anilines is 1. The number of fused-ring (bicyclic) bond motifs is 1. The lowest BCUT2D eigenvalue weighted by atomic mass is 9.93. The lowest BCUT2D eigenvalue weighted by Crippen LogP contribution is -2.49. The van der Waals surface area contributed by atoms with E-state index in [-0.39, 0.29) is 11.5 Å². The molecule has 4 heterocycles. The van der Waals surface area contributed by atoms with Crippen LogP contribution in [0.15, 0.2) is 53.0 Å². The maximum atomic E-state index is 13.7. The normalized spacial score (nSPS) is 17.2. The maximum Gasteiger partial charge on any atom is 0.406 e. The second kappa shape index (κ2) is 14.9. The Balaban J connectivity index is 0.00000127. The first kappa shape index (κ1) is 34.9. The molecule has 1 fully saturated rings. The van der Waals surface area contributed by atoms with Crippen LogP contribution in [-0.2, 0) is 12.0 Å². The molecule has 0 aliphatic carbocycles. The van der Waals surface area contributed by atoms with E-state index in [9.17, 15) is 13.2 Å². The number of hydrazine groups is 1. The van der Waals surface area contributed by atoms with E-state index in [1.807, 2.05) is 58.0 Å². The average Bonchev–Trinajstić information content (AvgIpc) is 3.74. The Morgan fingerprint density at radius 2 is 1.82 bits per heavy atom. The molecule has 1 unspecified atom stereocenters. The topological polar surface area (TPSA) is 84.8 Å². The molecule has 5 rings (SSSR count). The first-order chi connectivity index (χ1) is 20.9. The van der Waals surface area contributed by atoms with Crippen LogP contribution in [0.4, 0.5) is 18.9 Å². The standard InChI is InChI=1S/C29H37F3N8.2C2H6/c1-18(22-9-10-26(38-22)28(2,3)4)33-14-20-15-34-27(37-20)25-13-21-23(36-19-11-12-39(5)35-16-19)7-6-8-24(21)40(25)17-29(30,31)32;2*1-2/h6-10,13,19,33,35-36,38H,1,11-12,14-17H2,2-5H3;2*1-2H3. The average molecular weight is 615 g/mol. The highest BCUT2D eigenvalue weighted by atomic mass is 19.4. The van der Waals surface area contributed by atoms with Crippen molar-refractivity contribution in [1.82, 2.24) is 25.3 Å². The lowest BCUT2D eigenvalue weighted by Gasteiger charge is -2.31. The van der Waals surface area contributed by atoms with Gasteiger partial charge in [0.15, 0.2) is 5.84 Å². The Bertz CT molecular complexity index is 1450. The van der Waals surface area contributed by atoms with Crippen LogP contribution >= 0.6 is 0 Å². The minimum Gasteiger partial charge on any atom is -0.380 e. The molecular weight excluding hydrogens is 565 g/mol. The number of hydrogen-bond acceptors (Lipinski definition) is 6. The van der Waals surface area contributed by atoms with Gasteiger partial charge in [-0.2, -0.15) is 13.2 Å². The SMILES string of the molecule is C=C(NCC1=NC(c2cc3c(NC4CCN(C)NC4)cccc3n2CC(F)(F)F)=NC1)c1ccc(C(C)(C)C)[nH]1.CC.CC. The van der Waals surface area contributed by atoms with Gasteiger partial charge in [-0.25, -0.2) is 10.0 Å². The number of aliphatic imine (C=N–C) groups is 2. The van der Waals surface area contributed by atoms with E-state index in [0.29, 0.717) is 30.1 Å². The quantitative estimate of drug-likeness (QED) is 0.221. The van der Waals surface area contributed by atoms with Gasteiger partial charge in [-0.3, -0.25) is 10.4 Å². The van der Waals surface area contributed by atoms with Crippen LogP contribution in [0.1, 0.15) is 72.0 Å². The van der Waals surface area contributed by atoms with Crippen molar-refractivity contribution in [3.05, 3.63) is 60.1 Å². The molecule has 8 nitrogen and oxygen atoms in total. The van der Waals surface area contributed by atoms with E-state index >= 15 is 0 Å². The van der Waals surface area contributed by atoms with Gasteiger partial charge in [0.2, 0.25) is 0 Å². The fraction of sp³-hybridized carbons (Fsp3) is 0.515. The van der Waals surface area contributed by atoms with E-state index in [0.717, 1.165) is 53.4 Å². The molecule has 3 aromatic rings. The predicted molar refractivity (Wildman–Crippen MR) is 179 cm³/mol. The molecule has 0 amide bonds. The van der Waals surface area contributed by atoms with E-state index in [2.05, 4.69) is 58.4 Å². The molecule has 1 aromatic carbocycles. The summed E-state index contributed by atoms with van der Waals surface area (Å²) >= 11 is 0. The first-order valence-corrected chi connectivity index (χ1v) is 15.5.